The van der Waals surface area contributed by atoms with Crippen molar-refractivity contribution < 1.29 is 9.53 Å². The molecule has 2 nitrogen and oxygen atoms in total. The summed E-state index contributed by atoms with van der Waals surface area (Å²) in [4.78, 5) is 12.3. The zero-order valence-corrected chi connectivity index (χ0v) is 12.6. The van der Waals surface area contributed by atoms with Gasteiger partial charge in [-0.2, -0.15) is 0 Å². The Balaban J connectivity index is 2.07. The lowest BCUT2D eigenvalue weighted by Gasteiger charge is -2.15. The first-order chi connectivity index (χ1) is 8.61. The minimum Gasteiger partial charge on any atom is -0.377 e. The summed E-state index contributed by atoms with van der Waals surface area (Å²) in [6.07, 6.45) is 2.22. The minimum absolute atomic E-state index is 0.0368. The SMILES string of the molecule is CCC1OCCC1C(=O)Cc1ccc(Br)cc1Cl. The molecule has 0 bridgehead atoms. The number of ketones is 1. The summed E-state index contributed by atoms with van der Waals surface area (Å²) < 4.78 is 6.49. The Morgan fingerprint density at radius 1 is 1.56 bits per heavy atom. The van der Waals surface area contributed by atoms with E-state index in [0.717, 1.165) is 22.9 Å². The van der Waals surface area contributed by atoms with Crippen molar-refractivity contribution in [2.24, 2.45) is 5.92 Å². The molecule has 1 aromatic rings. The molecule has 18 heavy (non-hydrogen) atoms. The van der Waals surface area contributed by atoms with Crippen molar-refractivity contribution >= 4 is 33.3 Å². The molecule has 0 aliphatic carbocycles. The third-order valence-electron chi connectivity index (χ3n) is 3.41. The lowest BCUT2D eigenvalue weighted by Crippen LogP contribution is -2.25. The number of benzene rings is 1. The molecule has 1 aliphatic rings. The van der Waals surface area contributed by atoms with Crippen LogP contribution in [0.25, 0.3) is 0 Å². The predicted octanol–water partition coefficient (Wildman–Crippen LogP) is 4.03. The number of carbonyl (C=O) groups excluding carboxylic acids is 1. The minimum atomic E-state index is 0.0368. The van der Waals surface area contributed by atoms with Crippen molar-refractivity contribution in [3.8, 4) is 0 Å². The summed E-state index contributed by atoms with van der Waals surface area (Å²) in [6, 6.07) is 5.64. The lowest BCUT2D eigenvalue weighted by molar-refractivity contribution is -0.123. The van der Waals surface area contributed by atoms with Crippen molar-refractivity contribution in [1.82, 2.24) is 0 Å². The van der Waals surface area contributed by atoms with Gasteiger partial charge in [0.25, 0.3) is 0 Å². The highest BCUT2D eigenvalue weighted by Gasteiger charge is 2.32. The number of Topliss-reactive ketones (excluding diaryl/α,β-unsaturated/α-hetero) is 1. The monoisotopic (exact) mass is 330 g/mol. The molecular formula is C14H16BrClO2. The number of rotatable bonds is 4. The van der Waals surface area contributed by atoms with Crippen molar-refractivity contribution in [3.63, 3.8) is 0 Å². The largest absolute Gasteiger partial charge is 0.377 e. The number of hydrogen-bond donors (Lipinski definition) is 0. The summed E-state index contributed by atoms with van der Waals surface area (Å²) >= 11 is 9.50. The van der Waals surface area contributed by atoms with Crippen molar-refractivity contribution in [2.45, 2.75) is 32.3 Å². The normalized spacial score (nSPS) is 23.3. The Kier molecular flexibility index (Phi) is 4.82. The topological polar surface area (TPSA) is 26.3 Å². The number of hydrogen-bond acceptors (Lipinski definition) is 2. The highest BCUT2D eigenvalue weighted by atomic mass is 79.9. The van der Waals surface area contributed by atoms with E-state index in [1.165, 1.54) is 0 Å². The molecular weight excluding hydrogens is 316 g/mol. The van der Waals surface area contributed by atoms with Crippen LogP contribution in [0.15, 0.2) is 22.7 Å². The molecule has 0 radical (unpaired) electrons. The second-order valence-corrected chi connectivity index (χ2v) is 5.91. The molecule has 2 atom stereocenters. The van der Waals surface area contributed by atoms with Crippen LogP contribution in [-0.4, -0.2) is 18.5 Å². The third-order valence-corrected chi connectivity index (χ3v) is 4.25. The summed E-state index contributed by atoms with van der Waals surface area (Å²) in [5.74, 6) is 0.276. The summed E-state index contributed by atoms with van der Waals surface area (Å²) in [5.41, 5.74) is 0.895. The highest BCUT2D eigenvalue weighted by molar-refractivity contribution is 9.10. The van der Waals surface area contributed by atoms with E-state index in [-0.39, 0.29) is 17.8 Å². The molecule has 1 saturated heterocycles. The van der Waals surface area contributed by atoms with E-state index < -0.39 is 0 Å². The average molecular weight is 332 g/mol. The first kappa shape index (κ1) is 14.0. The van der Waals surface area contributed by atoms with Crippen molar-refractivity contribution in [2.75, 3.05) is 6.61 Å². The maximum absolute atomic E-state index is 12.3. The van der Waals surface area contributed by atoms with Gasteiger partial charge in [0.2, 0.25) is 0 Å². The quantitative estimate of drug-likeness (QED) is 0.832. The van der Waals surface area contributed by atoms with Gasteiger partial charge >= 0.3 is 0 Å². The van der Waals surface area contributed by atoms with E-state index in [9.17, 15) is 4.79 Å². The number of ether oxygens (including phenoxy) is 1. The zero-order valence-electron chi connectivity index (χ0n) is 10.3. The predicted molar refractivity (Wildman–Crippen MR) is 76.0 cm³/mol. The molecule has 0 spiro atoms. The molecule has 1 fully saturated rings. The van der Waals surface area contributed by atoms with Crippen LogP contribution >= 0.6 is 27.5 Å². The summed E-state index contributed by atoms with van der Waals surface area (Å²) in [7, 11) is 0. The van der Waals surface area contributed by atoms with Crippen LogP contribution in [0.1, 0.15) is 25.3 Å². The molecule has 98 valence electrons. The van der Waals surface area contributed by atoms with Gasteiger partial charge in [-0.05, 0) is 30.5 Å². The average Bonchev–Trinajstić information content (AvgIpc) is 2.81. The van der Waals surface area contributed by atoms with Gasteiger partial charge in [0.1, 0.15) is 5.78 Å². The van der Waals surface area contributed by atoms with Crippen LogP contribution in [0.4, 0.5) is 0 Å². The Morgan fingerprint density at radius 3 is 3.00 bits per heavy atom. The number of halogens is 2. The molecule has 1 aliphatic heterocycles. The van der Waals surface area contributed by atoms with E-state index in [0.29, 0.717) is 18.1 Å². The molecule has 0 N–H and O–H groups in total. The van der Waals surface area contributed by atoms with Crippen molar-refractivity contribution in [3.05, 3.63) is 33.3 Å². The van der Waals surface area contributed by atoms with Crippen LogP contribution in [0, 0.1) is 5.92 Å². The highest BCUT2D eigenvalue weighted by Crippen LogP contribution is 2.28. The Bertz CT molecular complexity index is 447. The summed E-state index contributed by atoms with van der Waals surface area (Å²) in [5, 5.41) is 0.643. The smallest absolute Gasteiger partial charge is 0.143 e. The maximum atomic E-state index is 12.3. The third kappa shape index (κ3) is 3.14. The Hall–Kier alpha value is -0.380. The fourth-order valence-electron chi connectivity index (χ4n) is 2.40. The van der Waals surface area contributed by atoms with Gasteiger partial charge in [0.05, 0.1) is 6.10 Å². The van der Waals surface area contributed by atoms with Gasteiger partial charge in [-0.3, -0.25) is 4.79 Å². The standard InChI is InChI=1S/C14H16BrClO2/c1-2-14-11(5-6-18-14)13(17)7-9-3-4-10(15)8-12(9)16/h3-4,8,11,14H,2,5-7H2,1H3. The van der Waals surface area contributed by atoms with Gasteiger partial charge in [-0.25, -0.2) is 0 Å². The lowest BCUT2D eigenvalue weighted by atomic mass is 9.91. The van der Waals surface area contributed by atoms with Gasteiger partial charge in [0, 0.05) is 28.4 Å². The molecule has 2 rings (SSSR count). The van der Waals surface area contributed by atoms with E-state index in [1.54, 1.807) is 0 Å². The zero-order chi connectivity index (χ0) is 13.1. The van der Waals surface area contributed by atoms with Crippen molar-refractivity contribution in [1.29, 1.82) is 0 Å². The molecule has 1 aromatic carbocycles. The fraction of sp³-hybridized carbons (Fsp3) is 0.500. The van der Waals surface area contributed by atoms with E-state index in [4.69, 9.17) is 16.3 Å². The first-order valence-electron chi connectivity index (χ1n) is 6.20. The second-order valence-electron chi connectivity index (χ2n) is 4.59. The van der Waals surface area contributed by atoms with E-state index in [2.05, 4.69) is 22.9 Å². The van der Waals surface area contributed by atoms with Crippen LogP contribution in [0.3, 0.4) is 0 Å². The summed E-state index contributed by atoms with van der Waals surface area (Å²) in [6.45, 7) is 2.76. The maximum Gasteiger partial charge on any atom is 0.143 e. The molecule has 4 heteroatoms. The molecule has 1 heterocycles. The van der Waals surface area contributed by atoms with Gasteiger partial charge in [-0.1, -0.05) is 40.5 Å². The second kappa shape index (κ2) is 6.18. The van der Waals surface area contributed by atoms with Gasteiger partial charge in [0.15, 0.2) is 0 Å². The molecule has 0 amide bonds. The van der Waals surface area contributed by atoms with E-state index >= 15 is 0 Å². The fourth-order valence-corrected chi connectivity index (χ4v) is 3.14. The van der Waals surface area contributed by atoms with Gasteiger partial charge < -0.3 is 4.74 Å². The molecule has 2 unspecified atom stereocenters. The first-order valence-corrected chi connectivity index (χ1v) is 7.37. The van der Waals surface area contributed by atoms with Gasteiger partial charge in [-0.15, -0.1) is 0 Å². The molecule has 0 saturated carbocycles. The Labute approximate surface area is 121 Å². The molecule has 0 aromatic heterocycles. The Morgan fingerprint density at radius 2 is 2.33 bits per heavy atom. The van der Waals surface area contributed by atoms with Crippen LogP contribution < -0.4 is 0 Å². The number of carbonyl (C=O) groups is 1. The van der Waals surface area contributed by atoms with Crippen LogP contribution in [0.2, 0.25) is 5.02 Å². The van der Waals surface area contributed by atoms with Crippen LogP contribution in [0.5, 0.6) is 0 Å². The van der Waals surface area contributed by atoms with Crippen LogP contribution in [-0.2, 0) is 16.0 Å². The van der Waals surface area contributed by atoms with E-state index in [1.807, 2.05) is 18.2 Å².